The van der Waals surface area contributed by atoms with Crippen molar-refractivity contribution in [2.24, 2.45) is 0 Å². The van der Waals surface area contributed by atoms with Crippen molar-refractivity contribution in [1.82, 2.24) is 0 Å². The van der Waals surface area contributed by atoms with Crippen molar-refractivity contribution in [3.8, 4) is 0 Å². The fourth-order valence-corrected chi connectivity index (χ4v) is 1.98. The molecule has 1 aromatic rings. The van der Waals surface area contributed by atoms with Gasteiger partial charge in [0.25, 0.3) is 0 Å². The van der Waals surface area contributed by atoms with Gasteiger partial charge in [-0.1, -0.05) is 0 Å². The maximum absolute atomic E-state index is 12.7. The summed E-state index contributed by atoms with van der Waals surface area (Å²) in [5, 5.41) is 0. The molecule has 0 heterocycles. The average Bonchev–Trinajstić information content (AvgIpc) is 2.14. The highest BCUT2D eigenvalue weighted by atomic mass is 28.4. The van der Waals surface area contributed by atoms with Gasteiger partial charge in [-0.25, -0.2) is 8.78 Å². The molecule has 3 nitrogen and oxygen atoms in total. The van der Waals surface area contributed by atoms with Crippen LogP contribution in [-0.4, -0.2) is 25.5 Å². The molecule has 0 radical (unpaired) electrons. The first-order chi connectivity index (χ1) is 6.93. The maximum Gasteiger partial charge on any atom is 0.495 e. The summed E-state index contributed by atoms with van der Waals surface area (Å²) in [6, 6.07) is 3.06. The molecule has 0 amide bonds. The summed E-state index contributed by atoms with van der Waals surface area (Å²) in [5.74, 6) is -1.35. The Balaban J connectivity index is 2.65. The molecule has 0 aliphatic rings. The number of aryl methyl sites for hydroxylation is 1. The largest absolute Gasteiger partial charge is 0.495 e. The molecule has 0 aliphatic heterocycles. The zero-order valence-corrected chi connectivity index (χ0v) is 9.20. The molecule has 0 atom stereocenters. The molecule has 2 N–H and O–H groups in total. The van der Waals surface area contributed by atoms with Gasteiger partial charge in [-0.3, -0.25) is 0 Å². The van der Waals surface area contributed by atoms with Crippen molar-refractivity contribution in [3.05, 3.63) is 35.4 Å². The van der Waals surface area contributed by atoms with Crippen molar-refractivity contribution in [2.75, 3.05) is 7.11 Å². The average molecular weight is 234 g/mol. The van der Waals surface area contributed by atoms with E-state index in [0.29, 0.717) is 5.56 Å². The summed E-state index contributed by atoms with van der Waals surface area (Å²) in [6.07, 6.45) is 0.168. The Bertz CT molecular complexity index is 324. The first kappa shape index (κ1) is 12.2. The van der Waals surface area contributed by atoms with E-state index in [1.165, 1.54) is 7.11 Å². The molecule has 0 saturated carbocycles. The zero-order valence-electron chi connectivity index (χ0n) is 8.20. The van der Waals surface area contributed by atoms with Gasteiger partial charge >= 0.3 is 8.80 Å². The third-order valence-corrected chi connectivity index (χ3v) is 3.54. The van der Waals surface area contributed by atoms with Crippen LogP contribution < -0.4 is 0 Å². The van der Waals surface area contributed by atoms with Crippen LogP contribution in [0.2, 0.25) is 6.04 Å². The highest BCUT2D eigenvalue weighted by Crippen LogP contribution is 2.13. The molecule has 84 valence electrons. The van der Waals surface area contributed by atoms with Gasteiger partial charge < -0.3 is 14.0 Å². The minimum atomic E-state index is -3.64. The van der Waals surface area contributed by atoms with Gasteiger partial charge in [-0.2, -0.15) is 0 Å². The lowest BCUT2D eigenvalue weighted by atomic mass is 10.2. The number of benzene rings is 1. The van der Waals surface area contributed by atoms with Crippen molar-refractivity contribution < 1.29 is 22.8 Å². The fourth-order valence-electron chi connectivity index (χ4n) is 1.16. The van der Waals surface area contributed by atoms with Gasteiger partial charge in [-0.15, -0.1) is 0 Å². The smallest absolute Gasteiger partial charge is 0.390 e. The van der Waals surface area contributed by atoms with Crippen LogP contribution in [0.25, 0.3) is 0 Å². The number of hydrogen-bond acceptors (Lipinski definition) is 3. The predicted molar refractivity (Wildman–Crippen MR) is 52.1 cm³/mol. The fraction of sp³-hybridized carbons (Fsp3) is 0.333. The molecule has 0 aliphatic carbocycles. The van der Waals surface area contributed by atoms with Gasteiger partial charge in [0.15, 0.2) is 0 Å². The van der Waals surface area contributed by atoms with Gasteiger partial charge in [0.1, 0.15) is 11.6 Å². The summed E-state index contributed by atoms with van der Waals surface area (Å²) < 4.78 is 30.0. The molecule has 0 bridgehead atoms. The van der Waals surface area contributed by atoms with Crippen molar-refractivity contribution in [1.29, 1.82) is 0 Å². The quantitative estimate of drug-likeness (QED) is 0.766. The Labute approximate surface area is 87.3 Å². The van der Waals surface area contributed by atoms with E-state index >= 15 is 0 Å². The van der Waals surface area contributed by atoms with E-state index in [9.17, 15) is 18.4 Å². The number of rotatable bonds is 4. The van der Waals surface area contributed by atoms with E-state index < -0.39 is 20.4 Å². The Morgan fingerprint density at radius 1 is 1.20 bits per heavy atom. The van der Waals surface area contributed by atoms with E-state index in [0.717, 1.165) is 18.2 Å². The number of halogens is 2. The maximum atomic E-state index is 12.7. The van der Waals surface area contributed by atoms with Crippen molar-refractivity contribution in [2.45, 2.75) is 12.5 Å². The lowest BCUT2D eigenvalue weighted by Crippen LogP contribution is -2.37. The van der Waals surface area contributed by atoms with Crippen LogP contribution in [0.15, 0.2) is 18.2 Å². The summed E-state index contributed by atoms with van der Waals surface area (Å²) in [4.78, 5) is 18.4. The Hall–Kier alpha value is -0.823. The van der Waals surface area contributed by atoms with Crippen LogP contribution in [0.1, 0.15) is 5.56 Å². The van der Waals surface area contributed by atoms with Crippen LogP contribution in [-0.2, 0) is 10.8 Å². The summed E-state index contributed by atoms with van der Waals surface area (Å²) in [6.45, 7) is 0. The molecule has 0 aromatic heterocycles. The molecule has 0 saturated heterocycles. The SMILES string of the molecule is CO[Si](O)(O)CCc1cc(F)cc(F)c1. The molecule has 15 heavy (non-hydrogen) atoms. The van der Waals surface area contributed by atoms with Gasteiger partial charge in [0.2, 0.25) is 0 Å². The Kier molecular flexibility index (Phi) is 3.92. The number of hydrogen-bond donors (Lipinski definition) is 2. The van der Waals surface area contributed by atoms with Crippen molar-refractivity contribution >= 4 is 8.80 Å². The standard InChI is InChI=1S/C9H12F2O3Si/c1-14-15(12,13)3-2-7-4-8(10)6-9(11)5-7/h4-6,12-13H,2-3H2,1H3. The van der Waals surface area contributed by atoms with E-state index in [4.69, 9.17) is 0 Å². The first-order valence-corrected chi connectivity index (χ1v) is 6.39. The topological polar surface area (TPSA) is 49.7 Å². The molecule has 1 aromatic carbocycles. The normalized spacial score (nSPS) is 11.8. The molecular weight excluding hydrogens is 222 g/mol. The summed E-state index contributed by atoms with van der Waals surface area (Å²) in [5.41, 5.74) is 0.379. The van der Waals surface area contributed by atoms with E-state index in [2.05, 4.69) is 4.43 Å². The van der Waals surface area contributed by atoms with Gasteiger partial charge in [0.05, 0.1) is 0 Å². The van der Waals surface area contributed by atoms with Crippen LogP contribution in [0.4, 0.5) is 8.78 Å². The molecular formula is C9H12F2O3Si. The highest BCUT2D eigenvalue weighted by molar-refractivity contribution is 6.57. The molecule has 0 unspecified atom stereocenters. The second kappa shape index (κ2) is 4.80. The third-order valence-electron chi connectivity index (χ3n) is 1.99. The van der Waals surface area contributed by atoms with Gasteiger partial charge in [0, 0.05) is 19.2 Å². The lowest BCUT2D eigenvalue weighted by Gasteiger charge is -2.14. The predicted octanol–water partition coefficient (Wildman–Crippen LogP) is 1.08. The zero-order chi connectivity index (χ0) is 11.5. The first-order valence-electron chi connectivity index (χ1n) is 4.38. The van der Waals surface area contributed by atoms with Crippen LogP contribution in [0.5, 0.6) is 0 Å². The molecule has 6 heteroatoms. The monoisotopic (exact) mass is 234 g/mol. The van der Waals surface area contributed by atoms with E-state index in [-0.39, 0.29) is 12.5 Å². The Morgan fingerprint density at radius 3 is 2.20 bits per heavy atom. The van der Waals surface area contributed by atoms with Crippen LogP contribution in [0, 0.1) is 11.6 Å². The van der Waals surface area contributed by atoms with E-state index in [1.54, 1.807) is 0 Å². The summed E-state index contributed by atoms with van der Waals surface area (Å²) >= 11 is 0. The summed E-state index contributed by atoms with van der Waals surface area (Å²) in [7, 11) is -2.45. The Morgan fingerprint density at radius 2 is 1.73 bits per heavy atom. The third kappa shape index (κ3) is 4.04. The van der Waals surface area contributed by atoms with Gasteiger partial charge in [-0.05, 0) is 24.1 Å². The molecule has 1 rings (SSSR count). The van der Waals surface area contributed by atoms with Crippen LogP contribution >= 0.6 is 0 Å². The van der Waals surface area contributed by atoms with Crippen LogP contribution in [0.3, 0.4) is 0 Å². The minimum absolute atomic E-state index is 0.0214. The van der Waals surface area contributed by atoms with Crippen molar-refractivity contribution in [3.63, 3.8) is 0 Å². The molecule has 0 spiro atoms. The highest BCUT2D eigenvalue weighted by Gasteiger charge is 2.29. The molecule has 0 fully saturated rings. The minimum Gasteiger partial charge on any atom is -0.390 e. The van der Waals surface area contributed by atoms with E-state index in [1.807, 2.05) is 0 Å². The second-order valence-corrected chi connectivity index (χ2v) is 5.62. The lowest BCUT2D eigenvalue weighted by molar-refractivity contribution is 0.185. The second-order valence-electron chi connectivity index (χ2n) is 3.22.